The number of anilines is 1. The number of fused-ring (bicyclic) bond motifs is 1. The van der Waals surface area contributed by atoms with Gasteiger partial charge in [-0.25, -0.2) is 9.78 Å². The first-order chi connectivity index (χ1) is 16.0. The van der Waals surface area contributed by atoms with Gasteiger partial charge in [-0.1, -0.05) is 0 Å². The van der Waals surface area contributed by atoms with E-state index in [1.54, 1.807) is 52.1 Å². The maximum Gasteiger partial charge on any atom is 0.435 e. The van der Waals surface area contributed by atoms with Gasteiger partial charge >= 0.3 is 12.1 Å². The Morgan fingerprint density at radius 2 is 2.00 bits per heavy atom. The zero-order valence-corrected chi connectivity index (χ0v) is 20.6. The highest BCUT2D eigenvalue weighted by Crippen LogP contribution is 2.43. The topological polar surface area (TPSA) is 130 Å². The van der Waals surface area contributed by atoms with Crippen molar-refractivity contribution in [2.75, 3.05) is 12.3 Å². The largest absolute Gasteiger partial charge is 0.466 e. The normalized spacial score (nSPS) is 20.9. The van der Waals surface area contributed by atoms with Gasteiger partial charge < -0.3 is 20.3 Å². The fourth-order valence-electron chi connectivity index (χ4n) is 4.17. The van der Waals surface area contributed by atoms with Gasteiger partial charge in [0, 0.05) is 17.3 Å². The standard InChI is InChI=1S/C24H30N4O5S/c1-5-32-20(29)14-8-10-24(31,11-9-14)21-26-13-18(34-21)19-16-12-15(25)6-7-17(16)28(27-19)22(30)33-23(2,3)4/h6-7,12-14,31H,5,8-11,25H2,1-4H3. The van der Waals surface area contributed by atoms with Crippen molar-refractivity contribution < 1.29 is 24.2 Å². The zero-order valence-electron chi connectivity index (χ0n) is 19.8. The number of thiazole rings is 1. The third-order valence-corrected chi connectivity index (χ3v) is 7.04. The Kier molecular flexibility index (Phi) is 6.39. The summed E-state index contributed by atoms with van der Waals surface area (Å²) in [6, 6.07) is 5.20. The fraction of sp³-hybridized carbons (Fsp3) is 0.500. The van der Waals surface area contributed by atoms with Gasteiger partial charge in [0.15, 0.2) is 0 Å². The quantitative estimate of drug-likeness (QED) is 0.408. The molecule has 34 heavy (non-hydrogen) atoms. The first-order valence-electron chi connectivity index (χ1n) is 11.4. The molecule has 0 bridgehead atoms. The number of aliphatic hydroxyl groups is 1. The minimum atomic E-state index is -1.12. The molecule has 4 rings (SSSR count). The molecule has 182 valence electrons. The summed E-state index contributed by atoms with van der Waals surface area (Å²) < 4.78 is 11.9. The van der Waals surface area contributed by atoms with Crippen molar-refractivity contribution in [3.8, 4) is 10.6 Å². The average Bonchev–Trinajstić information content (AvgIpc) is 3.38. The Hall–Kier alpha value is -2.98. The molecule has 0 amide bonds. The number of rotatable bonds is 4. The van der Waals surface area contributed by atoms with Gasteiger partial charge in [0.1, 0.15) is 21.9 Å². The molecule has 2 heterocycles. The van der Waals surface area contributed by atoms with E-state index in [0.717, 1.165) is 0 Å². The summed E-state index contributed by atoms with van der Waals surface area (Å²) in [4.78, 5) is 30.0. The number of hydrogen-bond acceptors (Lipinski definition) is 9. The smallest absolute Gasteiger partial charge is 0.435 e. The second-order valence-electron chi connectivity index (χ2n) is 9.60. The highest BCUT2D eigenvalue weighted by atomic mass is 32.1. The lowest BCUT2D eigenvalue weighted by atomic mass is 9.79. The SMILES string of the molecule is CCOC(=O)C1CCC(O)(c2ncc(-c3nn(C(=O)OC(C)(C)C)c4ccc(N)cc34)s2)CC1. The molecule has 1 fully saturated rings. The molecule has 3 N–H and O–H groups in total. The number of esters is 1. The third-order valence-electron chi connectivity index (χ3n) is 5.84. The maximum atomic E-state index is 12.8. The number of benzene rings is 1. The van der Waals surface area contributed by atoms with Crippen LogP contribution in [-0.2, 0) is 19.9 Å². The molecule has 0 aliphatic heterocycles. The molecule has 2 aromatic heterocycles. The van der Waals surface area contributed by atoms with Gasteiger partial charge in [0.05, 0.1) is 22.9 Å². The fourth-order valence-corrected chi connectivity index (χ4v) is 5.23. The lowest BCUT2D eigenvalue weighted by Crippen LogP contribution is -2.34. The predicted molar refractivity (Wildman–Crippen MR) is 129 cm³/mol. The summed E-state index contributed by atoms with van der Waals surface area (Å²) >= 11 is 1.32. The Morgan fingerprint density at radius 1 is 1.29 bits per heavy atom. The summed E-state index contributed by atoms with van der Waals surface area (Å²) in [6.07, 6.45) is 2.98. The number of ether oxygens (including phenoxy) is 2. The van der Waals surface area contributed by atoms with Crippen LogP contribution < -0.4 is 5.73 Å². The lowest BCUT2D eigenvalue weighted by molar-refractivity contribution is -0.151. The monoisotopic (exact) mass is 486 g/mol. The zero-order chi connectivity index (χ0) is 24.7. The number of hydrogen-bond donors (Lipinski definition) is 2. The molecule has 1 aromatic carbocycles. The van der Waals surface area contributed by atoms with Crippen molar-refractivity contribution in [2.24, 2.45) is 5.92 Å². The van der Waals surface area contributed by atoms with Crippen molar-refractivity contribution in [3.63, 3.8) is 0 Å². The molecule has 1 aliphatic rings. The van der Waals surface area contributed by atoms with E-state index in [1.165, 1.54) is 16.0 Å². The second-order valence-corrected chi connectivity index (χ2v) is 10.6. The Bertz CT molecular complexity index is 1220. The van der Waals surface area contributed by atoms with Crippen LogP contribution in [0.25, 0.3) is 21.5 Å². The van der Waals surface area contributed by atoms with Gasteiger partial charge in [-0.2, -0.15) is 9.78 Å². The van der Waals surface area contributed by atoms with Crippen molar-refractivity contribution in [2.45, 2.75) is 64.6 Å². The third kappa shape index (κ3) is 4.78. The number of carbonyl (C=O) groups excluding carboxylic acids is 2. The van der Waals surface area contributed by atoms with Gasteiger partial charge in [-0.05, 0) is 71.6 Å². The summed E-state index contributed by atoms with van der Waals surface area (Å²) in [5.41, 5.74) is 5.88. The maximum absolute atomic E-state index is 12.8. The molecular weight excluding hydrogens is 456 g/mol. The van der Waals surface area contributed by atoms with Crippen LogP contribution in [0.3, 0.4) is 0 Å². The summed E-state index contributed by atoms with van der Waals surface area (Å²) in [5.74, 6) is -0.405. The molecule has 10 heteroatoms. The summed E-state index contributed by atoms with van der Waals surface area (Å²) in [5, 5.41) is 17.1. The van der Waals surface area contributed by atoms with E-state index in [-0.39, 0.29) is 11.9 Å². The van der Waals surface area contributed by atoms with Gasteiger partial charge in [0.2, 0.25) is 0 Å². The highest BCUT2D eigenvalue weighted by Gasteiger charge is 2.40. The average molecular weight is 487 g/mol. The Morgan fingerprint density at radius 3 is 2.65 bits per heavy atom. The van der Waals surface area contributed by atoms with Crippen LogP contribution in [0, 0.1) is 5.92 Å². The molecular formula is C24H30N4O5S. The van der Waals surface area contributed by atoms with Crippen LogP contribution >= 0.6 is 11.3 Å². The minimum absolute atomic E-state index is 0.198. The number of nitrogens with two attached hydrogens (primary N) is 1. The first-order valence-corrected chi connectivity index (χ1v) is 12.2. The number of nitrogen functional groups attached to an aromatic ring is 1. The van der Waals surface area contributed by atoms with Crippen LogP contribution in [0.5, 0.6) is 0 Å². The van der Waals surface area contributed by atoms with Crippen LogP contribution in [0.4, 0.5) is 10.5 Å². The molecule has 0 saturated heterocycles. The molecule has 1 saturated carbocycles. The first kappa shape index (κ1) is 24.2. The lowest BCUT2D eigenvalue weighted by Gasteiger charge is -2.33. The van der Waals surface area contributed by atoms with Crippen molar-refractivity contribution in [1.29, 1.82) is 0 Å². The minimum Gasteiger partial charge on any atom is -0.466 e. The predicted octanol–water partition coefficient (Wildman–Crippen LogP) is 4.47. The van der Waals surface area contributed by atoms with Gasteiger partial charge in [0.25, 0.3) is 0 Å². The number of aromatic nitrogens is 3. The molecule has 1 aliphatic carbocycles. The van der Waals surface area contributed by atoms with E-state index in [4.69, 9.17) is 15.2 Å². The van der Waals surface area contributed by atoms with Crippen LogP contribution in [0.15, 0.2) is 24.4 Å². The number of nitrogens with zero attached hydrogens (tertiary/aromatic N) is 3. The summed E-state index contributed by atoms with van der Waals surface area (Å²) in [6.45, 7) is 7.52. The van der Waals surface area contributed by atoms with E-state index < -0.39 is 17.3 Å². The van der Waals surface area contributed by atoms with Crippen molar-refractivity contribution >= 4 is 40.0 Å². The van der Waals surface area contributed by atoms with E-state index in [0.29, 0.717) is 64.5 Å². The van der Waals surface area contributed by atoms with Gasteiger partial charge in [-0.3, -0.25) is 4.79 Å². The molecule has 0 unspecified atom stereocenters. The molecule has 0 spiro atoms. The molecule has 3 aromatic rings. The Labute approximate surface area is 201 Å². The van der Waals surface area contributed by atoms with Crippen molar-refractivity contribution in [3.05, 3.63) is 29.4 Å². The van der Waals surface area contributed by atoms with Crippen LogP contribution in [0.2, 0.25) is 0 Å². The summed E-state index contributed by atoms with van der Waals surface area (Å²) in [7, 11) is 0. The second kappa shape index (κ2) is 8.99. The Balaban J connectivity index is 1.64. The highest BCUT2D eigenvalue weighted by molar-refractivity contribution is 7.15. The van der Waals surface area contributed by atoms with Crippen molar-refractivity contribution in [1.82, 2.24) is 14.8 Å². The van der Waals surface area contributed by atoms with Gasteiger partial charge in [-0.15, -0.1) is 11.3 Å². The van der Waals surface area contributed by atoms with E-state index in [9.17, 15) is 14.7 Å². The molecule has 0 radical (unpaired) electrons. The van der Waals surface area contributed by atoms with E-state index >= 15 is 0 Å². The molecule has 0 atom stereocenters. The number of carbonyl (C=O) groups is 2. The van der Waals surface area contributed by atoms with E-state index in [2.05, 4.69) is 10.1 Å². The van der Waals surface area contributed by atoms with Crippen LogP contribution in [0.1, 0.15) is 58.4 Å². The molecule has 9 nitrogen and oxygen atoms in total. The van der Waals surface area contributed by atoms with Crippen LogP contribution in [-0.4, -0.2) is 44.1 Å². The van der Waals surface area contributed by atoms with E-state index in [1.807, 2.05) is 0 Å².